The molecule has 0 radical (unpaired) electrons. The summed E-state index contributed by atoms with van der Waals surface area (Å²) in [6.45, 7) is 2.16. The van der Waals surface area contributed by atoms with Gasteiger partial charge in [-0.2, -0.15) is 0 Å². The number of ether oxygens (including phenoxy) is 3. The van der Waals surface area contributed by atoms with Crippen molar-refractivity contribution >= 4 is 0 Å². The normalized spacial score (nSPS) is 11.8. The van der Waals surface area contributed by atoms with Gasteiger partial charge in [0.2, 0.25) is 0 Å². The number of benzene rings is 2. The van der Waals surface area contributed by atoms with E-state index in [-0.39, 0.29) is 5.92 Å². The molecule has 0 fully saturated rings. The average molecular weight is 272 g/mol. The zero-order valence-electron chi connectivity index (χ0n) is 12.3. The number of hydrogen-bond donors (Lipinski definition) is 0. The van der Waals surface area contributed by atoms with E-state index in [0.717, 1.165) is 22.8 Å². The maximum absolute atomic E-state index is 5.32. The molecule has 0 aliphatic heterocycles. The summed E-state index contributed by atoms with van der Waals surface area (Å²) >= 11 is 0. The molecule has 0 saturated heterocycles. The third-order valence-electron chi connectivity index (χ3n) is 3.49. The van der Waals surface area contributed by atoms with Crippen LogP contribution in [0.1, 0.15) is 24.0 Å². The fraction of sp³-hybridized carbons (Fsp3) is 0.294. The van der Waals surface area contributed by atoms with E-state index in [1.54, 1.807) is 21.3 Å². The molecule has 1 atom stereocenters. The molecule has 3 heteroatoms. The molecule has 0 spiro atoms. The Hall–Kier alpha value is -2.16. The Labute approximate surface area is 120 Å². The SMILES string of the molecule is COc1ccc(C(C)c2cc(OC)cc(OC)c2)cc1. The maximum Gasteiger partial charge on any atom is 0.122 e. The predicted octanol–water partition coefficient (Wildman–Crippen LogP) is 3.86. The summed E-state index contributed by atoms with van der Waals surface area (Å²) in [5, 5.41) is 0. The lowest BCUT2D eigenvalue weighted by atomic mass is 9.93. The van der Waals surface area contributed by atoms with E-state index >= 15 is 0 Å². The van der Waals surface area contributed by atoms with Gasteiger partial charge in [0.25, 0.3) is 0 Å². The molecule has 1 unspecified atom stereocenters. The number of hydrogen-bond acceptors (Lipinski definition) is 3. The van der Waals surface area contributed by atoms with E-state index < -0.39 is 0 Å². The van der Waals surface area contributed by atoms with Crippen molar-refractivity contribution in [3.63, 3.8) is 0 Å². The standard InChI is InChI=1S/C17H20O3/c1-12(13-5-7-15(18-2)8-6-13)14-9-16(19-3)11-17(10-14)20-4/h5-12H,1-4H3. The van der Waals surface area contributed by atoms with Crippen LogP contribution >= 0.6 is 0 Å². The van der Waals surface area contributed by atoms with Gasteiger partial charge in [0.15, 0.2) is 0 Å². The molecule has 20 heavy (non-hydrogen) atoms. The molecule has 0 aromatic heterocycles. The van der Waals surface area contributed by atoms with Gasteiger partial charge in [-0.3, -0.25) is 0 Å². The summed E-state index contributed by atoms with van der Waals surface area (Å²) in [4.78, 5) is 0. The third-order valence-corrected chi connectivity index (χ3v) is 3.49. The van der Waals surface area contributed by atoms with Gasteiger partial charge in [0, 0.05) is 12.0 Å². The second-order valence-electron chi connectivity index (χ2n) is 4.64. The van der Waals surface area contributed by atoms with Gasteiger partial charge in [-0.05, 0) is 35.4 Å². The van der Waals surface area contributed by atoms with Gasteiger partial charge in [-0.25, -0.2) is 0 Å². The van der Waals surface area contributed by atoms with Crippen molar-refractivity contribution in [2.75, 3.05) is 21.3 Å². The van der Waals surface area contributed by atoms with E-state index in [2.05, 4.69) is 19.1 Å². The maximum atomic E-state index is 5.32. The Balaban J connectivity index is 2.33. The quantitative estimate of drug-likeness (QED) is 0.827. The second-order valence-corrected chi connectivity index (χ2v) is 4.64. The molecular formula is C17H20O3. The lowest BCUT2D eigenvalue weighted by Gasteiger charge is -2.15. The fourth-order valence-corrected chi connectivity index (χ4v) is 2.16. The van der Waals surface area contributed by atoms with Crippen LogP contribution in [0.5, 0.6) is 17.2 Å². The molecule has 0 aliphatic rings. The monoisotopic (exact) mass is 272 g/mol. The van der Waals surface area contributed by atoms with Crippen molar-refractivity contribution in [3.8, 4) is 17.2 Å². The molecule has 0 saturated carbocycles. The van der Waals surface area contributed by atoms with Crippen LogP contribution in [-0.2, 0) is 0 Å². The van der Waals surface area contributed by atoms with Crippen LogP contribution in [-0.4, -0.2) is 21.3 Å². The lowest BCUT2D eigenvalue weighted by Crippen LogP contribution is -1.98. The minimum atomic E-state index is 0.255. The van der Waals surface area contributed by atoms with E-state index in [1.807, 2.05) is 30.3 Å². The van der Waals surface area contributed by atoms with Gasteiger partial charge in [0.1, 0.15) is 17.2 Å². The van der Waals surface area contributed by atoms with Crippen molar-refractivity contribution in [1.29, 1.82) is 0 Å². The van der Waals surface area contributed by atoms with Crippen molar-refractivity contribution in [2.24, 2.45) is 0 Å². The van der Waals surface area contributed by atoms with Gasteiger partial charge in [-0.15, -0.1) is 0 Å². The van der Waals surface area contributed by atoms with Crippen LogP contribution in [0.4, 0.5) is 0 Å². The van der Waals surface area contributed by atoms with Gasteiger partial charge in [-0.1, -0.05) is 19.1 Å². The van der Waals surface area contributed by atoms with Crippen molar-refractivity contribution < 1.29 is 14.2 Å². The highest BCUT2D eigenvalue weighted by Crippen LogP contribution is 2.31. The van der Waals surface area contributed by atoms with Crippen LogP contribution in [0.25, 0.3) is 0 Å². The highest BCUT2D eigenvalue weighted by molar-refractivity contribution is 5.43. The molecule has 0 amide bonds. The average Bonchev–Trinajstić information content (AvgIpc) is 2.53. The van der Waals surface area contributed by atoms with Crippen LogP contribution in [0.15, 0.2) is 42.5 Å². The molecule has 3 nitrogen and oxygen atoms in total. The molecule has 0 N–H and O–H groups in total. The van der Waals surface area contributed by atoms with E-state index in [1.165, 1.54) is 5.56 Å². The van der Waals surface area contributed by atoms with E-state index in [4.69, 9.17) is 14.2 Å². The first-order valence-electron chi connectivity index (χ1n) is 6.55. The Morgan fingerprint density at radius 3 is 1.60 bits per heavy atom. The Morgan fingerprint density at radius 2 is 1.15 bits per heavy atom. The minimum Gasteiger partial charge on any atom is -0.497 e. The van der Waals surface area contributed by atoms with Crippen LogP contribution in [0, 0.1) is 0 Å². The smallest absolute Gasteiger partial charge is 0.122 e. The summed E-state index contributed by atoms with van der Waals surface area (Å²) in [6.07, 6.45) is 0. The zero-order valence-corrected chi connectivity index (χ0v) is 12.3. The molecule has 106 valence electrons. The van der Waals surface area contributed by atoms with E-state index in [0.29, 0.717) is 0 Å². The Bertz CT molecular complexity index is 539. The molecule has 0 heterocycles. The Kier molecular flexibility index (Phi) is 4.51. The fourth-order valence-electron chi connectivity index (χ4n) is 2.16. The van der Waals surface area contributed by atoms with Crippen molar-refractivity contribution in [3.05, 3.63) is 53.6 Å². The number of rotatable bonds is 5. The Morgan fingerprint density at radius 1 is 0.650 bits per heavy atom. The molecule has 2 aromatic rings. The third kappa shape index (κ3) is 3.05. The van der Waals surface area contributed by atoms with E-state index in [9.17, 15) is 0 Å². The summed E-state index contributed by atoms with van der Waals surface area (Å²) in [7, 11) is 5.00. The second kappa shape index (κ2) is 6.33. The molecule has 0 aliphatic carbocycles. The first-order chi connectivity index (χ1) is 9.67. The summed E-state index contributed by atoms with van der Waals surface area (Å²) < 4.78 is 15.8. The van der Waals surface area contributed by atoms with Crippen LogP contribution in [0.2, 0.25) is 0 Å². The first kappa shape index (κ1) is 14.3. The van der Waals surface area contributed by atoms with Gasteiger partial charge >= 0.3 is 0 Å². The predicted molar refractivity (Wildman–Crippen MR) is 80.1 cm³/mol. The van der Waals surface area contributed by atoms with Crippen molar-refractivity contribution in [1.82, 2.24) is 0 Å². The highest BCUT2D eigenvalue weighted by Gasteiger charge is 2.11. The molecule has 2 rings (SSSR count). The van der Waals surface area contributed by atoms with Crippen LogP contribution < -0.4 is 14.2 Å². The zero-order chi connectivity index (χ0) is 14.5. The molecule has 2 aromatic carbocycles. The first-order valence-corrected chi connectivity index (χ1v) is 6.55. The minimum absolute atomic E-state index is 0.255. The van der Waals surface area contributed by atoms with Crippen LogP contribution in [0.3, 0.4) is 0 Å². The summed E-state index contributed by atoms with van der Waals surface area (Å²) in [5.41, 5.74) is 2.38. The van der Waals surface area contributed by atoms with Gasteiger partial charge in [0.05, 0.1) is 21.3 Å². The lowest BCUT2D eigenvalue weighted by molar-refractivity contribution is 0.393. The summed E-state index contributed by atoms with van der Waals surface area (Å²) in [6, 6.07) is 14.1. The summed E-state index contributed by atoms with van der Waals surface area (Å²) in [5.74, 6) is 2.73. The molecular weight excluding hydrogens is 252 g/mol. The topological polar surface area (TPSA) is 27.7 Å². The van der Waals surface area contributed by atoms with Crippen molar-refractivity contribution in [2.45, 2.75) is 12.8 Å². The number of methoxy groups -OCH3 is 3. The van der Waals surface area contributed by atoms with Gasteiger partial charge < -0.3 is 14.2 Å². The molecule has 0 bridgehead atoms. The largest absolute Gasteiger partial charge is 0.497 e. The highest BCUT2D eigenvalue weighted by atomic mass is 16.5.